The van der Waals surface area contributed by atoms with E-state index in [0.29, 0.717) is 24.3 Å². The predicted molar refractivity (Wildman–Crippen MR) is 131 cm³/mol. The van der Waals surface area contributed by atoms with Crippen LogP contribution in [0.4, 0.5) is 0 Å². The van der Waals surface area contributed by atoms with Gasteiger partial charge in [-0.1, -0.05) is 62.3 Å². The van der Waals surface area contributed by atoms with Crippen LogP contribution in [-0.4, -0.2) is 95.4 Å². The smallest absolute Gasteiger partial charge is 0.0768 e. The summed E-state index contributed by atoms with van der Waals surface area (Å²) in [4.78, 5) is 7.89. The Kier molecular flexibility index (Phi) is 13.7. The van der Waals surface area contributed by atoms with E-state index in [0.717, 1.165) is 65.2 Å². The van der Waals surface area contributed by atoms with Gasteiger partial charge in [-0.15, -0.1) is 0 Å². The van der Waals surface area contributed by atoms with Gasteiger partial charge in [-0.3, -0.25) is 9.80 Å². The highest BCUT2D eigenvalue weighted by molar-refractivity contribution is 4.87. The zero-order valence-corrected chi connectivity index (χ0v) is 21.8. The maximum Gasteiger partial charge on any atom is 0.0768 e. The van der Waals surface area contributed by atoms with Crippen molar-refractivity contribution in [1.29, 1.82) is 0 Å². The molecule has 0 spiro atoms. The highest BCUT2D eigenvalue weighted by Crippen LogP contribution is 2.25. The van der Waals surface area contributed by atoms with E-state index in [1.807, 2.05) is 0 Å². The Balaban J connectivity index is 3.25. The summed E-state index contributed by atoms with van der Waals surface area (Å²) in [5.74, 6) is 0.644. The predicted octanol–water partition coefficient (Wildman–Crippen LogP) is 3.92. The van der Waals surface area contributed by atoms with Crippen LogP contribution in [0.25, 0.3) is 0 Å². The molecule has 3 atom stereocenters. The number of hydrazine groups is 2. The minimum absolute atomic E-state index is 0.439. The highest BCUT2D eigenvalue weighted by atomic mass is 15.8. The molecular formula is C24H54N6. The maximum absolute atomic E-state index is 3.90. The molecule has 0 bridgehead atoms. The van der Waals surface area contributed by atoms with Crippen LogP contribution in [0.5, 0.6) is 0 Å². The fourth-order valence-corrected chi connectivity index (χ4v) is 5.65. The molecule has 0 aromatic carbocycles. The summed E-state index contributed by atoms with van der Waals surface area (Å²) in [6.07, 6.45) is 4.37. The molecule has 6 heteroatoms. The summed E-state index contributed by atoms with van der Waals surface area (Å²) in [6, 6.07) is 0.635. The number of hydrogen-bond donors (Lipinski definition) is 1. The van der Waals surface area contributed by atoms with Crippen LogP contribution in [0.15, 0.2) is 0 Å². The second kappa shape index (κ2) is 14.8. The van der Waals surface area contributed by atoms with Crippen molar-refractivity contribution < 1.29 is 0 Å². The van der Waals surface area contributed by atoms with Crippen LogP contribution >= 0.6 is 0 Å². The molecule has 3 unspecified atom stereocenters. The van der Waals surface area contributed by atoms with Gasteiger partial charge in [-0.05, 0) is 58.5 Å². The lowest BCUT2D eigenvalue weighted by Crippen LogP contribution is -2.70. The molecule has 1 aliphatic heterocycles. The number of nitrogens with one attached hydrogen (secondary N) is 1. The van der Waals surface area contributed by atoms with Gasteiger partial charge in [0.15, 0.2) is 0 Å². The van der Waals surface area contributed by atoms with E-state index >= 15 is 0 Å². The molecule has 1 fully saturated rings. The van der Waals surface area contributed by atoms with Crippen molar-refractivity contribution in [2.24, 2.45) is 5.92 Å². The van der Waals surface area contributed by atoms with Gasteiger partial charge in [0.2, 0.25) is 0 Å². The molecule has 0 amide bonds. The minimum atomic E-state index is 0.439. The Labute approximate surface area is 188 Å². The standard InChI is InChI=1S/C24H54N6/c1-10-22(26(13-4)14-5)21-19-29(23(11-2)27(15-6)16-7)25-30(20-21)24(12-3)28(17-8)18-9/h21-25H,10-20H2,1-9H3. The Morgan fingerprint density at radius 2 is 0.967 bits per heavy atom. The van der Waals surface area contributed by atoms with Gasteiger partial charge in [0.25, 0.3) is 0 Å². The summed E-state index contributed by atoms with van der Waals surface area (Å²) in [7, 11) is 0. The first-order valence-electron chi connectivity index (χ1n) is 13.0. The third-order valence-corrected chi connectivity index (χ3v) is 7.28. The zero-order valence-electron chi connectivity index (χ0n) is 21.8. The second-order valence-electron chi connectivity index (χ2n) is 8.58. The van der Waals surface area contributed by atoms with Crippen LogP contribution in [-0.2, 0) is 0 Å². The Bertz CT molecular complexity index is 354. The molecule has 0 aromatic rings. The van der Waals surface area contributed by atoms with Gasteiger partial charge < -0.3 is 4.90 Å². The van der Waals surface area contributed by atoms with Crippen LogP contribution in [0, 0.1) is 5.92 Å². The Morgan fingerprint density at radius 1 is 0.600 bits per heavy atom. The van der Waals surface area contributed by atoms with Crippen molar-refractivity contribution in [2.45, 2.75) is 99.9 Å². The number of rotatable bonds is 15. The summed E-state index contributed by atoms with van der Waals surface area (Å²) >= 11 is 0. The quantitative estimate of drug-likeness (QED) is 0.427. The van der Waals surface area contributed by atoms with Crippen LogP contribution in [0.1, 0.15) is 81.6 Å². The molecule has 0 saturated carbocycles. The molecule has 1 aliphatic rings. The van der Waals surface area contributed by atoms with E-state index < -0.39 is 0 Å². The third kappa shape index (κ3) is 6.88. The van der Waals surface area contributed by atoms with Crippen molar-refractivity contribution in [3.8, 4) is 0 Å². The van der Waals surface area contributed by atoms with Gasteiger partial charge >= 0.3 is 0 Å². The molecular weight excluding hydrogens is 372 g/mol. The largest absolute Gasteiger partial charge is 0.301 e. The Hall–Kier alpha value is -0.240. The van der Waals surface area contributed by atoms with E-state index in [9.17, 15) is 0 Å². The van der Waals surface area contributed by atoms with E-state index in [4.69, 9.17) is 0 Å². The molecule has 180 valence electrons. The molecule has 30 heavy (non-hydrogen) atoms. The van der Waals surface area contributed by atoms with E-state index in [-0.39, 0.29) is 0 Å². The fraction of sp³-hybridized carbons (Fsp3) is 1.00. The topological polar surface area (TPSA) is 28.2 Å². The number of hydrogen-bond acceptors (Lipinski definition) is 6. The van der Waals surface area contributed by atoms with Gasteiger partial charge in [-0.25, -0.2) is 10.0 Å². The monoisotopic (exact) mass is 426 g/mol. The van der Waals surface area contributed by atoms with Gasteiger partial charge in [0, 0.05) is 25.0 Å². The molecule has 1 heterocycles. The van der Waals surface area contributed by atoms with Gasteiger partial charge in [0.1, 0.15) is 0 Å². The fourth-order valence-electron chi connectivity index (χ4n) is 5.65. The van der Waals surface area contributed by atoms with Crippen molar-refractivity contribution in [2.75, 3.05) is 52.4 Å². The third-order valence-electron chi connectivity index (χ3n) is 7.28. The van der Waals surface area contributed by atoms with E-state index in [1.54, 1.807) is 0 Å². The highest BCUT2D eigenvalue weighted by Gasteiger charge is 2.38. The summed E-state index contributed by atoms with van der Waals surface area (Å²) in [5.41, 5.74) is 3.90. The second-order valence-corrected chi connectivity index (χ2v) is 8.58. The first kappa shape index (κ1) is 27.8. The van der Waals surface area contributed by atoms with Crippen LogP contribution < -0.4 is 5.53 Å². The van der Waals surface area contributed by atoms with Crippen molar-refractivity contribution >= 4 is 0 Å². The molecule has 1 rings (SSSR count). The van der Waals surface area contributed by atoms with E-state index in [2.05, 4.69) is 92.6 Å². The minimum Gasteiger partial charge on any atom is -0.301 e. The molecule has 6 nitrogen and oxygen atoms in total. The van der Waals surface area contributed by atoms with Crippen LogP contribution in [0.2, 0.25) is 0 Å². The lowest BCUT2D eigenvalue weighted by atomic mass is 9.93. The maximum atomic E-state index is 3.90. The van der Waals surface area contributed by atoms with Gasteiger partial charge in [0.05, 0.1) is 12.3 Å². The number of nitrogens with zero attached hydrogens (tertiary/aromatic N) is 5. The van der Waals surface area contributed by atoms with Crippen molar-refractivity contribution in [3.05, 3.63) is 0 Å². The summed E-state index contributed by atoms with van der Waals surface area (Å²) in [6.45, 7) is 29.8. The molecule has 0 radical (unpaired) electrons. The first-order chi connectivity index (χ1) is 14.5. The SMILES string of the molecule is CCC(C1CN(C(CC)N(CC)CC)NN(C(CC)N(CC)CC)C1)N(CC)CC. The molecule has 0 aliphatic carbocycles. The normalized spacial score (nSPS) is 22.2. The average Bonchev–Trinajstić information content (AvgIpc) is 2.78. The Morgan fingerprint density at radius 3 is 1.23 bits per heavy atom. The molecule has 0 aromatic heterocycles. The summed E-state index contributed by atoms with van der Waals surface area (Å²) in [5, 5.41) is 5.14. The van der Waals surface area contributed by atoms with E-state index in [1.165, 1.54) is 6.42 Å². The zero-order chi connectivity index (χ0) is 22.7. The van der Waals surface area contributed by atoms with Crippen molar-refractivity contribution in [1.82, 2.24) is 30.3 Å². The first-order valence-corrected chi connectivity index (χ1v) is 13.0. The molecule has 1 N–H and O–H groups in total. The molecule has 1 saturated heterocycles. The van der Waals surface area contributed by atoms with Crippen molar-refractivity contribution in [3.63, 3.8) is 0 Å². The van der Waals surface area contributed by atoms with Crippen LogP contribution in [0.3, 0.4) is 0 Å². The van der Waals surface area contributed by atoms with Gasteiger partial charge in [-0.2, -0.15) is 5.53 Å². The average molecular weight is 427 g/mol. The summed E-state index contributed by atoms with van der Waals surface area (Å²) < 4.78 is 0. The lowest BCUT2D eigenvalue weighted by molar-refractivity contribution is -0.158. The lowest BCUT2D eigenvalue weighted by Gasteiger charge is -2.52.